The number of rotatable bonds is 4. The second-order valence-electron chi connectivity index (χ2n) is 12.5. The van der Waals surface area contributed by atoms with Gasteiger partial charge in [0.15, 0.2) is 11.6 Å². The third-order valence-corrected chi connectivity index (χ3v) is 9.63. The largest absolute Gasteiger partial charge is 0.278 e. The van der Waals surface area contributed by atoms with Gasteiger partial charge in [0, 0.05) is 21.9 Å². The SMILES string of the molecule is c1ccc(-c2cccc(-c3nc(-c4ccc5c6ccccc6c6ccccc6c5c4)nc(-n4c5ccccc5c5ccccc54)n3)c2)cc1. The molecular formula is C45H28N4. The van der Waals surface area contributed by atoms with Gasteiger partial charge < -0.3 is 0 Å². The van der Waals surface area contributed by atoms with Crippen LogP contribution in [-0.4, -0.2) is 19.5 Å². The summed E-state index contributed by atoms with van der Waals surface area (Å²) < 4.78 is 2.17. The lowest BCUT2D eigenvalue weighted by atomic mass is 9.93. The smallest absolute Gasteiger partial charge is 0.238 e. The van der Waals surface area contributed by atoms with Crippen LogP contribution in [0.2, 0.25) is 0 Å². The Morgan fingerprint density at radius 1 is 0.286 bits per heavy atom. The summed E-state index contributed by atoms with van der Waals surface area (Å²) in [5, 5.41) is 9.67. The van der Waals surface area contributed by atoms with Crippen molar-refractivity contribution in [2.75, 3.05) is 0 Å². The summed E-state index contributed by atoms with van der Waals surface area (Å²) in [6.45, 7) is 0. The van der Waals surface area contributed by atoms with Crippen LogP contribution in [0.1, 0.15) is 0 Å². The maximum absolute atomic E-state index is 5.24. The van der Waals surface area contributed by atoms with Crippen molar-refractivity contribution in [2.24, 2.45) is 0 Å². The fourth-order valence-electron chi connectivity index (χ4n) is 7.38. The molecule has 0 aliphatic heterocycles. The van der Waals surface area contributed by atoms with Crippen molar-refractivity contribution in [1.29, 1.82) is 0 Å². The molecule has 0 bridgehead atoms. The van der Waals surface area contributed by atoms with Gasteiger partial charge in [0.05, 0.1) is 11.0 Å². The summed E-state index contributed by atoms with van der Waals surface area (Å²) in [4.78, 5) is 15.6. The molecule has 4 nitrogen and oxygen atoms in total. The highest BCUT2D eigenvalue weighted by molar-refractivity contribution is 6.25. The number of nitrogens with zero attached hydrogens (tertiary/aromatic N) is 4. The van der Waals surface area contributed by atoms with Gasteiger partial charge in [0.1, 0.15) is 0 Å². The molecule has 0 aliphatic carbocycles. The third-order valence-electron chi connectivity index (χ3n) is 9.63. The molecule has 4 heteroatoms. The molecule has 0 amide bonds. The van der Waals surface area contributed by atoms with Gasteiger partial charge >= 0.3 is 0 Å². The molecule has 0 unspecified atom stereocenters. The normalized spacial score (nSPS) is 11.7. The second-order valence-corrected chi connectivity index (χ2v) is 12.5. The van der Waals surface area contributed by atoms with E-state index in [2.05, 4.69) is 168 Å². The summed E-state index contributed by atoms with van der Waals surface area (Å²) in [5.41, 5.74) is 6.25. The van der Waals surface area contributed by atoms with Crippen LogP contribution in [0.25, 0.3) is 94.0 Å². The van der Waals surface area contributed by atoms with E-state index in [1.807, 2.05) is 6.07 Å². The fraction of sp³-hybridized carbons (Fsp3) is 0. The molecule has 228 valence electrons. The van der Waals surface area contributed by atoms with Crippen molar-refractivity contribution in [2.45, 2.75) is 0 Å². The van der Waals surface area contributed by atoms with E-state index in [-0.39, 0.29) is 0 Å². The van der Waals surface area contributed by atoms with E-state index in [1.165, 1.54) is 32.3 Å². The van der Waals surface area contributed by atoms with Crippen LogP contribution in [0.4, 0.5) is 0 Å². The van der Waals surface area contributed by atoms with Crippen LogP contribution in [0, 0.1) is 0 Å². The summed E-state index contributed by atoms with van der Waals surface area (Å²) >= 11 is 0. The first-order valence-corrected chi connectivity index (χ1v) is 16.5. The van der Waals surface area contributed by atoms with Crippen LogP contribution < -0.4 is 0 Å². The zero-order valence-electron chi connectivity index (χ0n) is 26.5. The number of fused-ring (bicyclic) bond motifs is 9. The Kier molecular flexibility index (Phi) is 6.15. The number of hydrogen-bond acceptors (Lipinski definition) is 3. The summed E-state index contributed by atoms with van der Waals surface area (Å²) in [6.07, 6.45) is 0. The maximum Gasteiger partial charge on any atom is 0.238 e. The predicted molar refractivity (Wildman–Crippen MR) is 203 cm³/mol. The number of para-hydroxylation sites is 2. The highest BCUT2D eigenvalue weighted by Gasteiger charge is 2.18. The van der Waals surface area contributed by atoms with Crippen molar-refractivity contribution < 1.29 is 0 Å². The molecule has 0 spiro atoms. The first-order valence-electron chi connectivity index (χ1n) is 16.5. The number of hydrogen-bond donors (Lipinski definition) is 0. The first kappa shape index (κ1) is 27.5. The van der Waals surface area contributed by atoms with Gasteiger partial charge in [-0.2, -0.15) is 9.97 Å². The average Bonchev–Trinajstić information content (AvgIpc) is 3.52. The zero-order chi connectivity index (χ0) is 32.3. The molecule has 2 heterocycles. The molecule has 8 aromatic carbocycles. The van der Waals surface area contributed by atoms with E-state index in [0.717, 1.165) is 44.1 Å². The first-order chi connectivity index (χ1) is 24.3. The standard InChI is InChI=1S/C45H28N4/c1-2-13-29(14-3-1)30-15-12-16-31(27-30)43-46-44(48-45(47-43)49-41-23-10-8-21-38(41)39-22-9-11-24-42(39)49)32-25-26-37-35-19-5-4-17-33(35)34-18-6-7-20-36(34)40(37)28-32/h1-28H. The molecule has 0 N–H and O–H groups in total. The van der Waals surface area contributed by atoms with Gasteiger partial charge in [0.25, 0.3) is 0 Å². The monoisotopic (exact) mass is 624 g/mol. The van der Waals surface area contributed by atoms with Crippen LogP contribution in [0.3, 0.4) is 0 Å². The molecule has 10 aromatic rings. The Balaban J connectivity index is 1.26. The minimum atomic E-state index is 0.589. The van der Waals surface area contributed by atoms with Crippen molar-refractivity contribution in [1.82, 2.24) is 19.5 Å². The molecule has 0 radical (unpaired) electrons. The van der Waals surface area contributed by atoms with E-state index < -0.39 is 0 Å². The molecule has 0 saturated carbocycles. The van der Waals surface area contributed by atoms with Crippen molar-refractivity contribution in [3.05, 3.63) is 170 Å². The Hall–Kier alpha value is -6.65. The van der Waals surface area contributed by atoms with E-state index in [4.69, 9.17) is 15.0 Å². The Morgan fingerprint density at radius 2 is 0.735 bits per heavy atom. The minimum Gasteiger partial charge on any atom is -0.278 e. The Bertz CT molecular complexity index is 2800. The lowest BCUT2D eigenvalue weighted by molar-refractivity contribution is 0.954. The highest BCUT2D eigenvalue weighted by atomic mass is 15.2. The lowest BCUT2D eigenvalue weighted by Gasteiger charge is -2.13. The molecule has 0 atom stereocenters. The number of benzene rings is 8. The molecule has 2 aromatic heterocycles. The summed E-state index contributed by atoms with van der Waals surface area (Å²) in [5.74, 6) is 1.85. The summed E-state index contributed by atoms with van der Waals surface area (Å²) in [6, 6.07) is 59.8. The van der Waals surface area contributed by atoms with Crippen molar-refractivity contribution >= 4 is 54.1 Å². The fourth-order valence-corrected chi connectivity index (χ4v) is 7.38. The van der Waals surface area contributed by atoms with Crippen LogP contribution in [0.5, 0.6) is 0 Å². The van der Waals surface area contributed by atoms with Gasteiger partial charge in [0.2, 0.25) is 5.95 Å². The van der Waals surface area contributed by atoms with Crippen LogP contribution in [0.15, 0.2) is 170 Å². The van der Waals surface area contributed by atoms with Gasteiger partial charge in [-0.1, -0.05) is 146 Å². The lowest BCUT2D eigenvalue weighted by Crippen LogP contribution is -2.06. The second kappa shape index (κ2) is 11.0. The zero-order valence-corrected chi connectivity index (χ0v) is 26.5. The molecule has 49 heavy (non-hydrogen) atoms. The van der Waals surface area contributed by atoms with Crippen molar-refractivity contribution in [3.8, 4) is 39.9 Å². The van der Waals surface area contributed by atoms with E-state index in [1.54, 1.807) is 0 Å². The third kappa shape index (κ3) is 4.42. The van der Waals surface area contributed by atoms with E-state index in [0.29, 0.717) is 17.6 Å². The molecule has 0 saturated heterocycles. The maximum atomic E-state index is 5.24. The van der Waals surface area contributed by atoms with Gasteiger partial charge in [-0.15, -0.1) is 0 Å². The molecule has 10 rings (SSSR count). The highest BCUT2D eigenvalue weighted by Crippen LogP contribution is 2.38. The van der Waals surface area contributed by atoms with Gasteiger partial charge in [-0.05, 0) is 67.7 Å². The topological polar surface area (TPSA) is 43.6 Å². The van der Waals surface area contributed by atoms with Crippen LogP contribution >= 0.6 is 0 Å². The summed E-state index contributed by atoms with van der Waals surface area (Å²) in [7, 11) is 0. The quantitative estimate of drug-likeness (QED) is 0.183. The van der Waals surface area contributed by atoms with Gasteiger partial charge in [-0.25, -0.2) is 4.98 Å². The molecular weight excluding hydrogens is 597 g/mol. The molecule has 0 fully saturated rings. The van der Waals surface area contributed by atoms with E-state index in [9.17, 15) is 0 Å². The Labute approximate surface area is 282 Å². The molecule has 0 aliphatic rings. The van der Waals surface area contributed by atoms with E-state index >= 15 is 0 Å². The van der Waals surface area contributed by atoms with Crippen LogP contribution in [-0.2, 0) is 0 Å². The van der Waals surface area contributed by atoms with Gasteiger partial charge in [-0.3, -0.25) is 4.57 Å². The predicted octanol–water partition coefficient (Wildman–Crippen LogP) is 11.4. The minimum absolute atomic E-state index is 0.589. The number of aromatic nitrogens is 4. The average molecular weight is 625 g/mol. The van der Waals surface area contributed by atoms with Crippen molar-refractivity contribution in [3.63, 3.8) is 0 Å². The Morgan fingerprint density at radius 3 is 1.35 bits per heavy atom.